The first-order chi connectivity index (χ1) is 14.6. The highest BCUT2D eigenvalue weighted by Crippen LogP contribution is 2.28. The number of amides is 2. The van der Waals surface area contributed by atoms with Gasteiger partial charge in [-0.1, -0.05) is 37.3 Å². The average molecular weight is 411 g/mol. The Morgan fingerprint density at radius 1 is 0.933 bits per heavy atom. The van der Waals surface area contributed by atoms with Gasteiger partial charge in [0.25, 0.3) is 0 Å². The number of methoxy groups -OCH3 is 1. The van der Waals surface area contributed by atoms with Gasteiger partial charge in [-0.25, -0.2) is 0 Å². The van der Waals surface area contributed by atoms with Gasteiger partial charge in [0.15, 0.2) is 11.5 Å². The number of likely N-dealkylation sites (tertiary alicyclic amines) is 1. The quantitative estimate of drug-likeness (QED) is 0.455. The van der Waals surface area contributed by atoms with E-state index in [0.717, 1.165) is 31.5 Å². The van der Waals surface area contributed by atoms with Crippen molar-refractivity contribution in [2.75, 3.05) is 26.8 Å². The zero-order valence-corrected chi connectivity index (χ0v) is 17.8. The van der Waals surface area contributed by atoms with Gasteiger partial charge in [-0.05, 0) is 48.2 Å². The molecule has 6 nitrogen and oxygen atoms in total. The molecular formula is C24H30N2O4. The van der Waals surface area contributed by atoms with Crippen molar-refractivity contribution in [2.24, 2.45) is 0 Å². The molecule has 0 spiro atoms. The van der Waals surface area contributed by atoms with Crippen molar-refractivity contribution >= 4 is 11.8 Å². The second kappa shape index (κ2) is 10.8. The fourth-order valence-electron chi connectivity index (χ4n) is 3.47. The van der Waals surface area contributed by atoms with Crippen LogP contribution in [-0.4, -0.2) is 43.5 Å². The van der Waals surface area contributed by atoms with E-state index in [9.17, 15) is 9.59 Å². The molecule has 1 fully saturated rings. The normalized spacial score (nSPS) is 13.7. The summed E-state index contributed by atoms with van der Waals surface area (Å²) in [6, 6.07) is 14.6. The highest BCUT2D eigenvalue weighted by molar-refractivity contribution is 6.01. The van der Waals surface area contributed by atoms with Crippen LogP contribution in [0.2, 0.25) is 0 Å². The summed E-state index contributed by atoms with van der Waals surface area (Å²) in [6.45, 7) is 4.31. The maximum Gasteiger partial charge on any atom is 0.229 e. The Morgan fingerprint density at radius 3 is 2.27 bits per heavy atom. The molecule has 1 heterocycles. The minimum Gasteiger partial charge on any atom is -0.493 e. The molecule has 1 aliphatic rings. The Labute approximate surface area is 178 Å². The Kier molecular flexibility index (Phi) is 7.85. The van der Waals surface area contributed by atoms with Crippen LogP contribution >= 0.6 is 0 Å². The number of nitrogens with zero attached hydrogens (tertiary/aromatic N) is 1. The second-order valence-electron chi connectivity index (χ2n) is 7.37. The number of carbonyl (C=O) groups excluding carboxylic acids is 2. The molecule has 6 heteroatoms. The zero-order valence-electron chi connectivity index (χ0n) is 17.8. The van der Waals surface area contributed by atoms with Gasteiger partial charge in [0.1, 0.15) is 6.61 Å². The number of benzene rings is 2. The van der Waals surface area contributed by atoms with Crippen LogP contribution in [0.5, 0.6) is 11.5 Å². The van der Waals surface area contributed by atoms with Crippen LogP contribution in [0.15, 0.2) is 42.5 Å². The largest absolute Gasteiger partial charge is 0.493 e. The van der Waals surface area contributed by atoms with Gasteiger partial charge in [-0.3, -0.25) is 14.5 Å². The molecule has 0 aromatic heterocycles. The SMILES string of the molecule is CCc1ccc(CCNCc2ccc(OCCN3C(=O)CCC3=O)c(OC)c2)cc1. The summed E-state index contributed by atoms with van der Waals surface area (Å²) < 4.78 is 11.2. The number of hydrogen-bond acceptors (Lipinski definition) is 5. The van der Waals surface area contributed by atoms with Crippen molar-refractivity contribution in [1.29, 1.82) is 0 Å². The van der Waals surface area contributed by atoms with Crippen LogP contribution < -0.4 is 14.8 Å². The molecule has 30 heavy (non-hydrogen) atoms. The van der Waals surface area contributed by atoms with Crippen LogP contribution in [0.4, 0.5) is 0 Å². The smallest absolute Gasteiger partial charge is 0.229 e. The summed E-state index contributed by atoms with van der Waals surface area (Å²) in [6.07, 6.45) is 2.65. The fraction of sp³-hybridized carbons (Fsp3) is 0.417. The molecule has 2 aromatic rings. The third-order valence-electron chi connectivity index (χ3n) is 5.31. The highest BCUT2D eigenvalue weighted by Gasteiger charge is 2.28. The van der Waals surface area contributed by atoms with Crippen LogP contribution in [0.3, 0.4) is 0 Å². The van der Waals surface area contributed by atoms with Crippen molar-refractivity contribution in [3.8, 4) is 11.5 Å². The predicted molar refractivity (Wildman–Crippen MR) is 116 cm³/mol. The van der Waals surface area contributed by atoms with E-state index in [1.807, 2.05) is 18.2 Å². The van der Waals surface area contributed by atoms with Gasteiger partial charge in [0.05, 0.1) is 13.7 Å². The summed E-state index contributed by atoms with van der Waals surface area (Å²) in [7, 11) is 1.60. The average Bonchev–Trinajstić information content (AvgIpc) is 3.09. The lowest BCUT2D eigenvalue weighted by Gasteiger charge is -2.16. The van der Waals surface area contributed by atoms with E-state index in [2.05, 4.69) is 36.5 Å². The van der Waals surface area contributed by atoms with E-state index in [0.29, 0.717) is 24.3 Å². The van der Waals surface area contributed by atoms with E-state index in [1.165, 1.54) is 16.0 Å². The molecule has 0 unspecified atom stereocenters. The number of aryl methyl sites for hydroxylation is 1. The molecule has 2 aromatic carbocycles. The van der Waals surface area contributed by atoms with E-state index < -0.39 is 0 Å². The third kappa shape index (κ3) is 5.83. The van der Waals surface area contributed by atoms with E-state index >= 15 is 0 Å². The number of nitrogens with one attached hydrogen (secondary N) is 1. The molecule has 0 aliphatic carbocycles. The molecule has 1 saturated heterocycles. The maximum atomic E-state index is 11.7. The number of ether oxygens (including phenoxy) is 2. The third-order valence-corrected chi connectivity index (χ3v) is 5.31. The summed E-state index contributed by atoms with van der Waals surface area (Å²) in [5.74, 6) is 0.997. The number of rotatable bonds is 11. The Balaban J connectivity index is 1.44. The Hall–Kier alpha value is -2.86. The van der Waals surface area contributed by atoms with Crippen molar-refractivity contribution in [3.05, 3.63) is 59.2 Å². The van der Waals surface area contributed by atoms with Crippen LogP contribution in [0.1, 0.15) is 36.5 Å². The lowest BCUT2D eigenvalue weighted by molar-refractivity contribution is -0.138. The Morgan fingerprint density at radius 2 is 1.60 bits per heavy atom. The number of imide groups is 1. The van der Waals surface area contributed by atoms with E-state index in [1.54, 1.807) is 7.11 Å². The van der Waals surface area contributed by atoms with Gasteiger partial charge in [0, 0.05) is 19.4 Å². The van der Waals surface area contributed by atoms with Crippen LogP contribution in [-0.2, 0) is 29.0 Å². The molecule has 0 radical (unpaired) electrons. The fourth-order valence-corrected chi connectivity index (χ4v) is 3.47. The van der Waals surface area contributed by atoms with Crippen molar-refractivity contribution in [1.82, 2.24) is 10.2 Å². The first-order valence-electron chi connectivity index (χ1n) is 10.5. The van der Waals surface area contributed by atoms with Gasteiger partial charge in [-0.2, -0.15) is 0 Å². The molecule has 1 N–H and O–H groups in total. The molecule has 1 aliphatic heterocycles. The van der Waals surface area contributed by atoms with Crippen LogP contribution in [0, 0.1) is 0 Å². The van der Waals surface area contributed by atoms with Crippen molar-refractivity contribution in [3.63, 3.8) is 0 Å². The summed E-state index contributed by atoms with van der Waals surface area (Å²) in [4.78, 5) is 24.6. The highest BCUT2D eigenvalue weighted by atomic mass is 16.5. The van der Waals surface area contributed by atoms with Gasteiger partial charge >= 0.3 is 0 Å². The zero-order chi connectivity index (χ0) is 21.3. The lowest BCUT2D eigenvalue weighted by Crippen LogP contribution is -2.33. The predicted octanol–water partition coefficient (Wildman–Crippen LogP) is 3.12. The minimum absolute atomic E-state index is 0.127. The molecular weight excluding hydrogens is 380 g/mol. The summed E-state index contributed by atoms with van der Waals surface area (Å²) >= 11 is 0. The lowest BCUT2D eigenvalue weighted by atomic mass is 10.1. The minimum atomic E-state index is -0.127. The van der Waals surface area contributed by atoms with Gasteiger partial charge in [-0.15, -0.1) is 0 Å². The van der Waals surface area contributed by atoms with Crippen molar-refractivity contribution in [2.45, 2.75) is 39.2 Å². The first kappa shape index (κ1) is 21.8. The van der Waals surface area contributed by atoms with Crippen molar-refractivity contribution < 1.29 is 19.1 Å². The van der Waals surface area contributed by atoms with E-state index in [4.69, 9.17) is 9.47 Å². The number of carbonyl (C=O) groups is 2. The Bertz CT molecular complexity index is 848. The van der Waals surface area contributed by atoms with Gasteiger partial charge < -0.3 is 14.8 Å². The molecule has 3 rings (SSSR count). The standard InChI is InChI=1S/C24H30N2O4/c1-3-18-4-6-19(7-5-18)12-13-25-17-20-8-9-21(22(16-20)29-2)30-15-14-26-23(27)10-11-24(26)28/h4-9,16,25H,3,10-15,17H2,1-2H3. The monoisotopic (exact) mass is 410 g/mol. The second-order valence-corrected chi connectivity index (χ2v) is 7.37. The van der Waals surface area contributed by atoms with Crippen LogP contribution in [0.25, 0.3) is 0 Å². The summed E-state index contributed by atoms with van der Waals surface area (Å²) in [5.41, 5.74) is 3.79. The summed E-state index contributed by atoms with van der Waals surface area (Å²) in [5, 5.41) is 3.46. The number of hydrogen-bond donors (Lipinski definition) is 1. The van der Waals surface area contributed by atoms with Gasteiger partial charge in [0.2, 0.25) is 11.8 Å². The first-order valence-corrected chi connectivity index (χ1v) is 10.5. The topological polar surface area (TPSA) is 67.9 Å². The molecule has 0 atom stereocenters. The molecule has 160 valence electrons. The maximum absolute atomic E-state index is 11.7. The van der Waals surface area contributed by atoms with E-state index in [-0.39, 0.29) is 25.0 Å². The molecule has 2 amide bonds. The molecule has 0 saturated carbocycles. The molecule has 0 bridgehead atoms.